The minimum atomic E-state index is -1.16. The van der Waals surface area contributed by atoms with Gasteiger partial charge in [-0.2, -0.15) is 0 Å². The molecular weight excluding hydrogens is 272 g/mol. The lowest BCUT2D eigenvalue weighted by Crippen LogP contribution is -2.08. The number of hydrogen-bond acceptors (Lipinski definition) is 4. The summed E-state index contributed by atoms with van der Waals surface area (Å²) in [6.45, 7) is 2.84. The molecule has 116 valence electrons. The molecule has 0 heterocycles. The predicted molar refractivity (Wildman–Crippen MR) is 81.9 cm³/mol. The van der Waals surface area contributed by atoms with Gasteiger partial charge in [0, 0.05) is 24.4 Å². The van der Waals surface area contributed by atoms with Crippen molar-refractivity contribution in [1.29, 1.82) is 0 Å². The highest BCUT2D eigenvalue weighted by atomic mass is 16.6. The topological polar surface area (TPSA) is 92.5 Å². The molecule has 6 nitrogen and oxygen atoms in total. The first-order valence-corrected chi connectivity index (χ1v) is 7.32. The van der Waals surface area contributed by atoms with Gasteiger partial charge in [0.25, 0.3) is 5.69 Å². The summed E-state index contributed by atoms with van der Waals surface area (Å²) in [5.41, 5.74) is 0.161. The fraction of sp³-hybridized carbons (Fsp3) is 0.533. The van der Waals surface area contributed by atoms with E-state index in [0.717, 1.165) is 18.9 Å². The fourth-order valence-electron chi connectivity index (χ4n) is 2.11. The zero-order valence-corrected chi connectivity index (χ0v) is 12.3. The van der Waals surface area contributed by atoms with Crippen LogP contribution in [0.1, 0.15) is 55.8 Å². The van der Waals surface area contributed by atoms with Crippen LogP contribution >= 0.6 is 0 Å². The minimum absolute atomic E-state index is 0.0600. The van der Waals surface area contributed by atoms with Crippen LogP contribution in [0.25, 0.3) is 0 Å². The van der Waals surface area contributed by atoms with Gasteiger partial charge in [0.15, 0.2) is 0 Å². The first kappa shape index (κ1) is 16.9. The van der Waals surface area contributed by atoms with Crippen LogP contribution in [0.4, 0.5) is 11.4 Å². The summed E-state index contributed by atoms with van der Waals surface area (Å²) in [4.78, 5) is 21.2. The first-order valence-electron chi connectivity index (χ1n) is 7.32. The van der Waals surface area contributed by atoms with Gasteiger partial charge in [-0.3, -0.25) is 10.1 Å². The maximum Gasteiger partial charge on any atom is 0.338 e. The van der Waals surface area contributed by atoms with Gasteiger partial charge in [0.05, 0.1) is 10.5 Å². The number of non-ortho nitro benzene ring substituents is 1. The van der Waals surface area contributed by atoms with Crippen molar-refractivity contribution in [3.63, 3.8) is 0 Å². The van der Waals surface area contributed by atoms with Gasteiger partial charge in [0.2, 0.25) is 0 Å². The van der Waals surface area contributed by atoms with Crippen molar-refractivity contribution in [3.8, 4) is 0 Å². The molecule has 0 spiro atoms. The molecule has 0 saturated carbocycles. The third-order valence-electron chi connectivity index (χ3n) is 3.29. The summed E-state index contributed by atoms with van der Waals surface area (Å²) in [6, 6.07) is 3.86. The quantitative estimate of drug-likeness (QED) is 0.385. The van der Waals surface area contributed by atoms with Gasteiger partial charge in [0.1, 0.15) is 0 Å². The van der Waals surface area contributed by atoms with E-state index in [4.69, 9.17) is 5.11 Å². The van der Waals surface area contributed by atoms with Crippen LogP contribution in [0, 0.1) is 10.1 Å². The van der Waals surface area contributed by atoms with Crippen molar-refractivity contribution in [3.05, 3.63) is 33.9 Å². The summed E-state index contributed by atoms with van der Waals surface area (Å²) in [5.74, 6) is -1.16. The molecule has 0 amide bonds. The molecule has 1 aromatic carbocycles. The molecule has 0 fully saturated rings. The van der Waals surface area contributed by atoms with Gasteiger partial charge < -0.3 is 10.4 Å². The zero-order chi connectivity index (χ0) is 15.7. The van der Waals surface area contributed by atoms with E-state index < -0.39 is 10.9 Å². The number of rotatable bonds is 10. The Labute approximate surface area is 124 Å². The van der Waals surface area contributed by atoms with Crippen molar-refractivity contribution >= 4 is 17.3 Å². The van der Waals surface area contributed by atoms with E-state index in [-0.39, 0.29) is 11.3 Å². The van der Waals surface area contributed by atoms with E-state index in [1.54, 1.807) is 0 Å². The third-order valence-corrected chi connectivity index (χ3v) is 3.29. The van der Waals surface area contributed by atoms with Crippen LogP contribution < -0.4 is 5.32 Å². The standard InChI is InChI=1S/C15H22N2O4/c1-2-3-4-5-6-7-10-16-14-9-8-12(17(20)21)11-13(14)15(18)19/h8-9,11,16H,2-7,10H2,1H3,(H,18,19). The highest BCUT2D eigenvalue weighted by molar-refractivity contribution is 5.95. The van der Waals surface area contributed by atoms with Crippen molar-refractivity contribution in [2.24, 2.45) is 0 Å². The molecule has 0 aliphatic rings. The number of anilines is 1. The third kappa shape index (κ3) is 5.81. The highest BCUT2D eigenvalue weighted by Gasteiger charge is 2.15. The monoisotopic (exact) mass is 294 g/mol. The lowest BCUT2D eigenvalue weighted by Gasteiger charge is -2.09. The Bertz CT molecular complexity index is 489. The molecule has 0 radical (unpaired) electrons. The Hall–Kier alpha value is -2.11. The molecule has 0 saturated heterocycles. The van der Waals surface area contributed by atoms with Gasteiger partial charge in [-0.05, 0) is 12.5 Å². The number of carboxylic acid groups (broad SMARTS) is 1. The Morgan fingerprint density at radius 1 is 1.24 bits per heavy atom. The van der Waals surface area contributed by atoms with Gasteiger partial charge in [-0.15, -0.1) is 0 Å². The molecule has 21 heavy (non-hydrogen) atoms. The lowest BCUT2D eigenvalue weighted by molar-refractivity contribution is -0.384. The lowest BCUT2D eigenvalue weighted by atomic mass is 10.1. The summed E-state index contributed by atoms with van der Waals surface area (Å²) >= 11 is 0. The molecule has 0 atom stereocenters. The van der Waals surface area contributed by atoms with Crippen molar-refractivity contribution in [1.82, 2.24) is 0 Å². The number of unbranched alkanes of at least 4 members (excludes halogenated alkanes) is 5. The Morgan fingerprint density at radius 2 is 1.90 bits per heavy atom. The maximum absolute atomic E-state index is 11.1. The summed E-state index contributed by atoms with van der Waals surface area (Å²) in [6.07, 6.45) is 6.93. The number of nitro benzene ring substituents is 1. The second-order valence-corrected chi connectivity index (χ2v) is 4.99. The number of nitrogens with one attached hydrogen (secondary N) is 1. The number of hydrogen-bond donors (Lipinski definition) is 2. The van der Waals surface area contributed by atoms with Gasteiger partial charge in [-0.25, -0.2) is 4.79 Å². The molecule has 6 heteroatoms. The molecule has 0 aliphatic heterocycles. The summed E-state index contributed by atoms with van der Waals surface area (Å²) < 4.78 is 0. The van der Waals surface area contributed by atoms with Crippen LogP contribution in [0.3, 0.4) is 0 Å². The van der Waals surface area contributed by atoms with Crippen molar-refractivity contribution in [2.75, 3.05) is 11.9 Å². The Morgan fingerprint density at radius 3 is 2.52 bits per heavy atom. The minimum Gasteiger partial charge on any atom is -0.478 e. The second kappa shape index (κ2) is 8.94. The highest BCUT2D eigenvalue weighted by Crippen LogP contribution is 2.22. The maximum atomic E-state index is 11.1. The smallest absolute Gasteiger partial charge is 0.338 e. The number of carboxylic acids is 1. The van der Waals surface area contributed by atoms with Crippen LogP contribution in [0.15, 0.2) is 18.2 Å². The number of aromatic carboxylic acids is 1. The molecule has 0 aliphatic carbocycles. The Kier molecular flexibility index (Phi) is 7.21. The second-order valence-electron chi connectivity index (χ2n) is 4.99. The average Bonchev–Trinajstić information content (AvgIpc) is 2.46. The molecular formula is C15H22N2O4. The van der Waals surface area contributed by atoms with Gasteiger partial charge in [-0.1, -0.05) is 39.0 Å². The van der Waals surface area contributed by atoms with E-state index >= 15 is 0 Å². The van der Waals surface area contributed by atoms with E-state index in [0.29, 0.717) is 12.2 Å². The molecule has 1 rings (SSSR count). The van der Waals surface area contributed by atoms with Gasteiger partial charge >= 0.3 is 5.97 Å². The number of nitro groups is 1. The van der Waals surface area contributed by atoms with E-state index in [1.807, 2.05) is 0 Å². The molecule has 0 unspecified atom stereocenters. The van der Waals surface area contributed by atoms with Crippen molar-refractivity contribution in [2.45, 2.75) is 45.4 Å². The first-order chi connectivity index (χ1) is 10.1. The Balaban J connectivity index is 2.51. The summed E-state index contributed by atoms with van der Waals surface area (Å²) in [7, 11) is 0. The molecule has 2 N–H and O–H groups in total. The molecule has 0 aromatic heterocycles. The zero-order valence-electron chi connectivity index (χ0n) is 12.3. The molecule has 1 aromatic rings. The normalized spacial score (nSPS) is 10.3. The number of nitrogens with zero attached hydrogens (tertiary/aromatic N) is 1. The predicted octanol–water partition coefficient (Wildman–Crippen LogP) is 4.07. The van der Waals surface area contributed by atoms with E-state index in [9.17, 15) is 14.9 Å². The number of benzene rings is 1. The molecule has 0 bridgehead atoms. The average molecular weight is 294 g/mol. The van der Waals surface area contributed by atoms with Crippen molar-refractivity contribution < 1.29 is 14.8 Å². The number of carbonyl (C=O) groups is 1. The van der Waals surface area contributed by atoms with E-state index in [2.05, 4.69) is 12.2 Å². The van der Waals surface area contributed by atoms with Crippen LogP contribution in [0.5, 0.6) is 0 Å². The fourth-order valence-corrected chi connectivity index (χ4v) is 2.11. The summed E-state index contributed by atoms with van der Waals surface area (Å²) in [5, 5.41) is 22.8. The van der Waals surface area contributed by atoms with Crippen LogP contribution in [-0.4, -0.2) is 22.5 Å². The SMILES string of the molecule is CCCCCCCCNc1ccc([N+](=O)[O-])cc1C(=O)O. The van der Waals surface area contributed by atoms with Crippen LogP contribution in [0.2, 0.25) is 0 Å². The van der Waals surface area contributed by atoms with Crippen LogP contribution in [-0.2, 0) is 0 Å². The largest absolute Gasteiger partial charge is 0.478 e. The van der Waals surface area contributed by atoms with E-state index in [1.165, 1.54) is 37.8 Å².